The zero-order valence-electron chi connectivity index (χ0n) is 14.7. The van der Waals surface area contributed by atoms with E-state index in [4.69, 9.17) is 0 Å². The van der Waals surface area contributed by atoms with Crippen LogP contribution in [-0.2, 0) is 10.0 Å². The van der Waals surface area contributed by atoms with Gasteiger partial charge in [0.1, 0.15) is 5.82 Å². The molecule has 1 atom stereocenters. The van der Waals surface area contributed by atoms with Crippen molar-refractivity contribution in [2.45, 2.75) is 17.7 Å². The van der Waals surface area contributed by atoms with Gasteiger partial charge in [-0.25, -0.2) is 17.5 Å². The molecule has 1 amide bonds. The molecule has 3 rings (SSSR count). The number of anilines is 1. The van der Waals surface area contributed by atoms with Crippen molar-refractivity contribution in [2.75, 3.05) is 25.0 Å². The lowest BCUT2D eigenvalue weighted by molar-refractivity contribution is 0.102. The molecule has 27 heavy (non-hydrogen) atoms. The van der Waals surface area contributed by atoms with Gasteiger partial charge in [-0.05, 0) is 80.4 Å². The van der Waals surface area contributed by atoms with Gasteiger partial charge in [0, 0.05) is 17.8 Å². The minimum Gasteiger partial charge on any atom is -0.322 e. The average molecular weight is 391 g/mol. The highest BCUT2D eigenvalue weighted by molar-refractivity contribution is 7.89. The van der Waals surface area contributed by atoms with Gasteiger partial charge in [-0.15, -0.1) is 0 Å². The highest BCUT2D eigenvalue weighted by Gasteiger charge is 2.17. The SMILES string of the molecule is O=C(Nc1ccc(S(=O)(=O)NCCC2CCNC2)cc1)c1ccc(F)cc1. The predicted molar refractivity (Wildman–Crippen MR) is 102 cm³/mol. The largest absolute Gasteiger partial charge is 0.322 e. The Balaban J connectivity index is 1.56. The van der Waals surface area contributed by atoms with Crippen molar-refractivity contribution in [2.24, 2.45) is 5.92 Å². The summed E-state index contributed by atoms with van der Waals surface area (Å²) in [6, 6.07) is 11.1. The smallest absolute Gasteiger partial charge is 0.255 e. The number of hydrogen-bond donors (Lipinski definition) is 3. The Hall–Kier alpha value is -2.29. The van der Waals surface area contributed by atoms with Gasteiger partial charge in [0.25, 0.3) is 5.91 Å². The molecule has 1 fully saturated rings. The zero-order valence-corrected chi connectivity index (χ0v) is 15.6. The Morgan fingerprint density at radius 2 is 1.81 bits per heavy atom. The van der Waals surface area contributed by atoms with Crippen molar-refractivity contribution in [3.8, 4) is 0 Å². The Morgan fingerprint density at radius 1 is 1.11 bits per heavy atom. The number of amides is 1. The number of benzene rings is 2. The lowest BCUT2D eigenvalue weighted by atomic mass is 10.1. The summed E-state index contributed by atoms with van der Waals surface area (Å²) in [6.45, 7) is 2.32. The van der Waals surface area contributed by atoms with Crippen LogP contribution in [0, 0.1) is 11.7 Å². The van der Waals surface area contributed by atoms with Crippen molar-refractivity contribution in [3.63, 3.8) is 0 Å². The summed E-state index contributed by atoms with van der Waals surface area (Å²) in [7, 11) is -3.58. The molecule has 6 nitrogen and oxygen atoms in total. The molecule has 2 aromatic carbocycles. The van der Waals surface area contributed by atoms with Crippen LogP contribution in [0.2, 0.25) is 0 Å². The fourth-order valence-corrected chi connectivity index (χ4v) is 4.01. The highest BCUT2D eigenvalue weighted by atomic mass is 32.2. The molecule has 0 aliphatic carbocycles. The minimum atomic E-state index is -3.58. The molecule has 0 saturated carbocycles. The summed E-state index contributed by atoms with van der Waals surface area (Å²) in [4.78, 5) is 12.3. The third-order valence-corrected chi connectivity index (χ3v) is 6.01. The minimum absolute atomic E-state index is 0.145. The molecule has 1 aliphatic heterocycles. The fraction of sp³-hybridized carbons (Fsp3) is 0.316. The van der Waals surface area contributed by atoms with E-state index in [1.165, 1.54) is 48.5 Å². The molecule has 1 saturated heterocycles. The Kier molecular flexibility index (Phi) is 6.20. The van der Waals surface area contributed by atoms with Crippen LogP contribution in [0.15, 0.2) is 53.4 Å². The van der Waals surface area contributed by atoms with E-state index in [-0.39, 0.29) is 4.90 Å². The molecule has 1 heterocycles. The van der Waals surface area contributed by atoms with E-state index >= 15 is 0 Å². The maximum atomic E-state index is 12.9. The summed E-state index contributed by atoms with van der Waals surface area (Å²) in [6.07, 6.45) is 1.88. The number of carbonyl (C=O) groups excluding carboxylic acids is 1. The Morgan fingerprint density at radius 3 is 2.44 bits per heavy atom. The first kappa shape index (κ1) is 19.5. The molecule has 0 aromatic heterocycles. The Labute approximate surface area is 158 Å². The monoisotopic (exact) mass is 391 g/mol. The van der Waals surface area contributed by atoms with Crippen molar-refractivity contribution >= 4 is 21.6 Å². The number of hydrogen-bond acceptors (Lipinski definition) is 4. The standard InChI is InChI=1S/C19H22FN3O3S/c20-16-3-1-15(2-4-16)19(24)23-17-5-7-18(8-6-17)27(25,26)22-12-10-14-9-11-21-13-14/h1-8,14,21-22H,9-13H2,(H,23,24). The van der Waals surface area contributed by atoms with Crippen molar-refractivity contribution in [1.82, 2.24) is 10.0 Å². The first-order valence-corrected chi connectivity index (χ1v) is 10.3. The third-order valence-electron chi connectivity index (χ3n) is 4.54. The molecule has 1 unspecified atom stereocenters. The molecule has 0 bridgehead atoms. The van der Waals surface area contributed by atoms with E-state index < -0.39 is 21.7 Å². The van der Waals surface area contributed by atoms with Crippen molar-refractivity contribution in [3.05, 3.63) is 59.9 Å². The first-order chi connectivity index (χ1) is 12.9. The lowest BCUT2D eigenvalue weighted by Gasteiger charge is -2.11. The molecule has 144 valence electrons. The van der Waals surface area contributed by atoms with E-state index in [0.29, 0.717) is 23.7 Å². The van der Waals surface area contributed by atoms with Crippen LogP contribution in [0.1, 0.15) is 23.2 Å². The molecule has 1 aliphatic rings. The fourth-order valence-electron chi connectivity index (χ4n) is 2.96. The molecule has 3 N–H and O–H groups in total. The summed E-state index contributed by atoms with van der Waals surface area (Å²) < 4.78 is 40.2. The predicted octanol–water partition coefficient (Wildman–Crippen LogP) is 2.36. The van der Waals surface area contributed by atoms with Gasteiger partial charge in [-0.3, -0.25) is 4.79 Å². The van der Waals surface area contributed by atoms with Gasteiger partial charge in [0.05, 0.1) is 4.90 Å². The second-order valence-electron chi connectivity index (χ2n) is 6.53. The molecule has 0 radical (unpaired) electrons. The Bertz CT molecular complexity index is 877. The first-order valence-electron chi connectivity index (χ1n) is 8.81. The van der Waals surface area contributed by atoms with Gasteiger partial charge in [-0.2, -0.15) is 0 Å². The van der Waals surface area contributed by atoms with Gasteiger partial charge in [0.2, 0.25) is 10.0 Å². The van der Waals surface area contributed by atoms with Gasteiger partial charge in [-0.1, -0.05) is 0 Å². The van der Waals surface area contributed by atoms with Crippen LogP contribution in [0.5, 0.6) is 0 Å². The topological polar surface area (TPSA) is 87.3 Å². The summed E-state index contributed by atoms with van der Waals surface area (Å²) in [5.74, 6) is -0.302. The number of nitrogens with one attached hydrogen (secondary N) is 3. The molecule has 0 spiro atoms. The van der Waals surface area contributed by atoms with Gasteiger partial charge >= 0.3 is 0 Å². The van der Waals surface area contributed by atoms with Crippen LogP contribution in [0.25, 0.3) is 0 Å². The summed E-state index contributed by atoms with van der Waals surface area (Å²) >= 11 is 0. The van der Waals surface area contributed by atoms with Crippen molar-refractivity contribution in [1.29, 1.82) is 0 Å². The number of sulfonamides is 1. The van der Waals surface area contributed by atoms with Crippen LogP contribution >= 0.6 is 0 Å². The van der Waals surface area contributed by atoms with Crippen LogP contribution < -0.4 is 15.4 Å². The average Bonchev–Trinajstić information content (AvgIpc) is 3.16. The van der Waals surface area contributed by atoms with E-state index in [1.807, 2.05) is 0 Å². The lowest BCUT2D eigenvalue weighted by Crippen LogP contribution is -2.26. The van der Waals surface area contributed by atoms with Crippen molar-refractivity contribution < 1.29 is 17.6 Å². The molecular formula is C19H22FN3O3S. The van der Waals surface area contributed by atoms with Crippen LogP contribution in [0.4, 0.5) is 10.1 Å². The van der Waals surface area contributed by atoms with Crippen LogP contribution in [0.3, 0.4) is 0 Å². The van der Waals surface area contributed by atoms with Gasteiger partial charge in [0.15, 0.2) is 0 Å². The summed E-state index contributed by atoms with van der Waals surface area (Å²) in [5.41, 5.74) is 0.775. The third kappa shape index (κ3) is 5.35. The quantitative estimate of drug-likeness (QED) is 0.676. The highest BCUT2D eigenvalue weighted by Crippen LogP contribution is 2.16. The van der Waals surface area contributed by atoms with E-state index in [2.05, 4.69) is 15.4 Å². The molecule has 8 heteroatoms. The second-order valence-corrected chi connectivity index (χ2v) is 8.30. The zero-order chi connectivity index (χ0) is 19.3. The maximum Gasteiger partial charge on any atom is 0.255 e. The summed E-state index contributed by atoms with van der Waals surface area (Å²) in [5, 5.41) is 5.91. The van der Waals surface area contributed by atoms with Crippen LogP contribution in [-0.4, -0.2) is 34.0 Å². The van der Waals surface area contributed by atoms with Gasteiger partial charge < -0.3 is 10.6 Å². The van der Waals surface area contributed by atoms with E-state index in [9.17, 15) is 17.6 Å². The number of halogens is 1. The second kappa shape index (κ2) is 8.60. The van der Waals surface area contributed by atoms with E-state index in [0.717, 1.165) is 25.9 Å². The number of carbonyl (C=O) groups is 1. The maximum absolute atomic E-state index is 12.9. The molecule has 2 aromatic rings. The molecular weight excluding hydrogens is 369 g/mol. The van der Waals surface area contributed by atoms with E-state index in [1.54, 1.807) is 0 Å². The normalized spacial score (nSPS) is 17.0. The number of rotatable bonds is 7.